The lowest BCUT2D eigenvalue weighted by Gasteiger charge is -2.35. The number of rotatable bonds is 6. The van der Waals surface area contributed by atoms with Crippen LogP contribution in [0.15, 0.2) is 60.0 Å². The van der Waals surface area contributed by atoms with E-state index in [-0.39, 0.29) is 5.82 Å². The van der Waals surface area contributed by atoms with E-state index in [0.717, 1.165) is 5.56 Å². The van der Waals surface area contributed by atoms with Crippen molar-refractivity contribution in [2.24, 2.45) is 10.8 Å². The minimum atomic E-state index is -0.102. The minimum absolute atomic E-state index is 0.102. The van der Waals surface area contributed by atoms with Crippen molar-refractivity contribution < 1.29 is 4.39 Å². The predicted octanol–water partition coefficient (Wildman–Crippen LogP) is 6.97. The van der Waals surface area contributed by atoms with Crippen molar-refractivity contribution in [3.05, 3.63) is 72.1 Å². The number of nitrogens with one attached hydrogen (secondary N) is 1. The average molecular weight is 481 g/mol. The Labute approximate surface area is 212 Å². The van der Waals surface area contributed by atoms with Gasteiger partial charge in [-0.05, 0) is 67.8 Å². The Morgan fingerprint density at radius 1 is 1.12 bits per heavy atom. The highest BCUT2D eigenvalue weighted by atomic mass is 32.2. The fourth-order valence-corrected chi connectivity index (χ4v) is 6.19. The number of nitrogens with zero attached hydrogens (tertiary/aromatic N) is 1. The van der Waals surface area contributed by atoms with Crippen molar-refractivity contribution in [2.45, 2.75) is 77.6 Å². The molecule has 0 aliphatic carbocycles. The zero-order valence-electron chi connectivity index (χ0n) is 22.0. The van der Waals surface area contributed by atoms with Gasteiger partial charge in [0.15, 0.2) is 6.71 Å². The molecule has 2 aliphatic rings. The van der Waals surface area contributed by atoms with Crippen LogP contribution in [0.1, 0.15) is 51.7 Å². The largest absolute Gasteiger partial charge is 0.316 e. The van der Waals surface area contributed by atoms with Crippen LogP contribution in [0, 0.1) is 23.6 Å². The second-order valence-corrected chi connectivity index (χ2v) is 12.4. The van der Waals surface area contributed by atoms with Gasteiger partial charge in [0, 0.05) is 29.6 Å². The SMILES string of the molecule is C=CC1CCCN1Sc1ccc(C)cc1.CNCc1cc(B2CC(C)(C)C(C)(C)C2)ccc1F. The summed E-state index contributed by atoms with van der Waals surface area (Å²) in [7, 11) is 1.86. The molecule has 184 valence electrons. The van der Waals surface area contributed by atoms with E-state index in [1.807, 2.05) is 31.1 Å². The normalized spacial score (nSPS) is 21.3. The van der Waals surface area contributed by atoms with E-state index in [4.69, 9.17) is 0 Å². The fraction of sp³-hybridized carbons (Fsp3) is 0.517. The molecule has 0 bridgehead atoms. The van der Waals surface area contributed by atoms with Gasteiger partial charge >= 0.3 is 0 Å². The Hall–Kier alpha value is -1.56. The van der Waals surface area contributed by atoms with E-state index < -0.39 is 0 Å². The smallest absolute Gasteiger partial charge is 0.176 e. The van der Waals surface area contributed by atoms with Crippen molar-refractivity contribution in [3.63, 3.8) is 0 Å². The minimum Gasteiger partial charge on any atom is -0.316 e. The molecule has 0 saturated carbocycles. The zero-order chi connectivity index (χ0) is 24.9. The van der Waals surface area contributed by atoms with E-state index in [2.05, 4.69) is 81.2 Å². The number of hydrogen-bond acceptors (Lipinski definition) is 3. The number of hydrogen-bond donors (Lipinski definition) is 1. The van der Waals surface area contributed by atoms with Gasteiger partial charge in [0.1, 0.15) is 5.82 Å². The number of aryl methyl sites for hydroxylation is 1. The molecule has 1 N–H and O–H groups in total. The molecule has 2 heterocycles. The van der Waals surface area contributed by atoms with Crippen molar-refractivity contribution in [2.75, 3.05) is 13.6 Å². The van der Waals surface area contributed by atoms with Gasteiger partial charge in [-0.2, -0.15) is 0 Å². The van der Waals surface area contributed by atoms with Crippen molar-refractivity contribution in [1.82, 2.24) is 9.62 Å². The van der Waals surface area contributed by atoms with Gasteiger partial charge in [0.2, 0.25) is 0 Å². The van der Waals surface area contributed by atoms with E-state index in [1.165, 1.54) is 47.9 Å². The van der Waals surface area contributed by atoms with Crippen molar-refractivity contribution >= 4 is 24.1 Å². The Morgan fingerprint density at radius 2 is 1.76 bits per heavy atom. The van der Waals surface area contributed by atoms with Crippen LogP contribution >= 0.6 is 11.9 Å². The van der Waals surface area contributed by atoms with E-state index in [1.54, 1.807) is 6.07 Å². The molecule has 0 amide bonds. The molecule has 0 radical (unpaired) electrons. The lowest BCUT2D eigenvalue weighted by molar-refractivity contribution is 0.177. The molecule has 2 aliphatic heterocycles. The standard InChI is InChI=1S/C16H25BFN.C13H17NS/c1-15(2)10-17(11-16(15,3)4)13-6-7-14(18)12(8-13)9-19-5;1-3-12-5-4-10-14(12)15-13-8-6-11(2)7-9-13/h6-8,19H,9-11H2,1-5H3;3,6-9,12H,1,4-5,10H2,2H3. The molecule has 1 unspecified atom stereocenters. The van der Waals surface area contributed by atoms with Crippen LogP contribution in [0.5, 0.6) is 0 Å². The van der Waals surface area contributed by atoms with Gasteiger partial charge in [0.25, 0.3) is 0 Å². The third-order valence-corrected chi connectivity index (χ3v) is 9.19. The van der Waals surface area contributed by atoms with Crippen LogP contribution in [-0.2, 0) is 6.54 Å². The predicted molar refractivity (Wildman–Crippen MR) is 149 cm³/mol. The van der Waals surface area contributed by atoms with Crippen LogP contribution < -0.4 is 10.8 Å². The maximum Gasteiger partial charge on any atom is 0.176 e. The van der Waals surface area contributed by atoms with Gasteiger partial charge in [-0.3, -0.25) is 0 Å². The van der Waals surface area contributed by atoms with Crippen molar-refractivity contribution in [1.29, 1.82) is 0 Å². The Bertz CT molecular complexity index is 941. The lowest BCUT2D eigenvalue weighted by Crippen LogP contribution is -2.29. The lowest BCUT2D eigenvalue weighted by atomic mass is 9.42. The Kier molecular flexibility index (Phi) is 9.11. The molecular weight excluding hydrogens is 438 g/mol. The second kappa shape index (κ2) is 11.5. The summed E-state index contributed by atoms with van der Waals surface area (Å²) < 4.78 is 16.1. The molecule has 0 aromatic heterocycles. The average Bonchev–Trinajstić information content (AvgIpc) is 3.32. The maximum atomic E-state index is 13.7. The van der Waals surface area contributed by atoms with E-state index in [0.29, 0.717) is 30.1 Å². The van der Waals surface area contributed by atoms with Crippen LogP contribution in [0.25, 0.3) is 0 Å². The highest BCUT2D eigenvalue weighted by Gasteiger charge is 2.48. The molecule has 2 fully saturated rings. The quantitative estimate of drug-likeness (QED) is 0.273. The topological polar surface area (TPSA) is 15.3 Å². The summed E-state index contributed by atoms with van der Waals surface area (Å²) in [6.45, 7) is 17.8. The number of halogens is 1. The summed E-state index contributed by atoms with van der Waals surface area (Å²) in [4.78, 5) is 1.33. The Morgan fingerprint density at radius 3 is 2.35 bits per heavy atom. The van der Waals surface area contributed by atoms with Gasteiger partial charge in [-0.15, -0.1) is 6.58 Å². The molecular formula is C29H42BFN2S. The highest BCUT2D eigenvalue weighted by molar-refractivity contribution is 7.97. The highest BCUT2D eigenvalue weighted by Crippen LogP contribution is 2.52. The molecule has 0 spiro atoms. The Balaban J connectivity index is 0.000000196. The summed E-state index contributed by atoms with van der Waals surface area (Å²) in [5.74, 6) is -0.102. The van der Waals surface area contributed by atoms with Gasteiger partial charge < -0.3 is 5.32 Å². The first kappa shape index (κ1) is 27.0. The number of benzene rings is 2. The summed E-state index contributed by atoms with van der Waals surface area (Å²) in [6, 6.07) is 14.9. The molecule has 1 atom stereocenters. The third kappa shape index (κ3) is 6.56. The summed E-state index contributed by atoms with van der Waals surface area (Å²) in [6.07, 6.45) is 6.97. The molecule has 2 nitrogen and oxygen atoms in total. The van der Waals surface area contributed by atoms with Gasteiger partial charge in [0.05, 0.1) is 0 Å². The molecule has 5 heteroatoms. The van der Waals surface area contributed by atoms with Gasteiger partial charge in [-0.1, -0.05) is 81.7 Å². The van der Waals surface area contributed by atoms with Crippen LogP contribution in [-0.4, -0.2) is 30.7 Å². The van der Waals surface area contributed by atoms with Crippen molar-refractivity contribution in [3.8, 4) is 0 Å². The first-order valence-corrected chi connectivity index (χ1v) is 13.4. The van der Waals surface area contributed by atoms with E-state index >= 15 is 0 Å². The molecule has 34 heavy (non-hydrogen) atoms. The summed E-state index contributed by atoms with van der Waals surface area (Å²) in [5, 5.41) is 3.04. The zero-order valence-corrected chi connectivity index (χ0v) is 22.8. The van der Waals surface area contributed by atoms with Crippen LogP contribution in [0.2, 0.25) is 12.6 Å². The molecule has 2 aromatic carbocycles. The molecule has 4 rings (SSSR count). The summed E-state index contributed by atoms with van der Waals surface area (Å²) in [5.41, 5.74) is 4.08. The summed E-state index contributed by atoms with van der Waals surface area (Å²) >= 11 is 1.85. The molecule has 2 saturated heterocycles. The maximum absolute atomic E-state index is 13.7. The van der Waals surface area contributed by atoms with E-state index in [9.17, 15) is 4.39 Å². The van der Waals surface area contributed by atoms with Crippen LogP contribution in [0.4, 0.5) is 4.39 Å². The fourth-order valence-electron chi connectivity index (χ4n) is 5.12. The van der Waals surface area contributed by atoms with Gasteiger partial charge in [-0.25, -0.2) is 8.70 Å². The monoisotopic (exact) mass is 480 g/mol. The van der Waals surface area contributed by atoms with Crippen LogP contribution in [0.3, 0.4) is 0 Å². The first-order valence-electron chi connectivity index (χ1n) is 12.6. The first-order chi connectivity index (χ1) is 16.1. The molecule has 2 aromatic rings. The second-order valence-electron chi connectivity index (χ2n) is 11.2. The third-order valence-electron chi connectivity index (χ3n) is 8.02.